The van der Waals surface area contributed by atoms with Crippen LogP contribution < -0.4 is 14.8 Å². The Balaban J connectivity index is 1.71. The predicted octanol–water partition coefficient (Wildman–Crippen LogP) is 5.59. The van der Waals surface area contributed by atoms with Crippen LogP contribution >= 0.6 is 0 Å². The van der Waals surface area contributed by atoms with E-state index in [0.29, 0.717) is 35.8 Å². The van der Waals surface area contributed by atoms with Crippen molar-refractivity contribution in [2.75, 3.05) is 13.7 Å². The van der Waals surface area contributed by atoms with Gasteiger partial charge in [0.15, 0.2) is 17.3 Å². The van der Waals surface area contributed by atoms with Crippen LogP contribution in [0.1, 0.15) is 59.9 Å². The molecule has 2 aromatic carbocycles. The molecule has 1 heterocycles. The molecule has 0 amide bonds. The molecule has 0 bridgehead atoms. The van der Waals surface area contributed by atoms with E-state index in [1.165, 1.54) is 16.7 Å². The molecule has 4 rings (SSSR count). The van der Waals surface area contributed by atoms with Crippen molar-refractivity contribution in [2.24, 2.45) is 5.92 Å². The van der Waals surface area contributed by atoms with Crippen LogP contribution in [0.3, 0.4) is 0 Å². The van der Waals surface area contributed by atoms with Gasteiger partial charge in [0.25, 0.3) is 0 Å². The number of esters is 1. The van der Waals surface area contributed by atoms with Gasteiger partial charge >= 0.3 is 5.97 Å². The number of benzene rings is 2. The van der Waals surface area contributed by atoms with E-state index in [-0.39, 0.29) is 12.4 Å². The van der Waals surface area contributed by atoms with E-state index in [1.807, 2.05) is 18.2 Å². The molecule has 1 aliphatic carbocycles. The lowest BCUT2D eigenvalue weighted by Gasteiger charge is -2.38. The highest BCUT2D eigenvalue weighted by molar-refractivity contribution is 6.00. The molecular weight excluding hydrogens is 454 g/mol. The van der Waals surface area contributed by atoms with Crippen LogP contribution in [-0.4, -0.2) is 25.5 Å². The van der Waals surface area contributed by atoms with Crippen LogP contribution in [0.2, 0.25) is 0 Å². The zero-order valence-corrected chi connectivity index (χ0v) is 21.8. The van der Waals surface area contributed by atoms with E-state index < -0.39 is 17.8 Å². The van der Waals surface area contributed by atoms with Crippen LogP contribution in [0.4, 0.5) is 0 Å². The van der Waals surface area contributed by atoms with Gasteiger partial charge in [-0.15, -0.1) is 0 Å². The summed E-state index contributed by atoms with van der Waals surface area (Å²) in [6.07, 6.45) is 2.00. The molecule has 1 aliphatic heterocycles. The lowest BCUT2D eigenvalue weighted by atomic mass is 9.71. The van der Waals surface area contributed by atoms with E-state index in [0.717, 1.165) is 29.7 Å². The third kappa shape index (κ3) is 4.90. The zero-order valence-electron chi connectivity index (χ0n) is 21.8. The first kappa shape index (κ1) is 25.5. The van der Waals surface area contributed by atoms with Crippen molar-refractivity contribution >= 4 is 11.8 Å². The fraction of sp³-hybridized carbons (Fsp3) is 0.400. The van der Waals surface area contributed by atoms with Crippen molar-refractivity contribution in [3.8, 4) is 11.5 Å². The first-order valence-corrected chi connectivity index (χ1v) is 12.5. The van der Waals surface area contributed by atoms with Crippen molar-refractivity contribution in [1.29, 1.82) is 0 Å². The van der Waals surface area contributed by atoms with Gasteiger partial charge < -0.3 is 19.5 Å². The van der Waals surface area contributed by atoms with Gasteiger partial charge in [0.2, 0.25) is 0 Å². The topological polar surface area (TPSA) is 73.9 Å². The van der Waals surface area contributed by atoms with Gasteiger partial charge in [-0.2, -0.15) is 0 Å². The molecule has 0 spiro atoms. The van der Waals surface area contributed by atoms with Crippen molar-refractivity contribution in [2.45, 2.75) is 59.5 Å². The molecule has 6 heteroatoms. The van der Waals surface area contributed by atoms with Crippen molar-refractivity contribution in [3.05, 3.63) is 81.7 Å². The van der Waals surface area contributed by atoms with Crippen molar-refractivity contribution < 1.29 is 23.8 Å². The maximum atomic E-state index is 13.1. The summed E-state index contributed by atoms with van der Waals surface area (Å²) in [7, 11) is 1.59. The van der Waals surface area contributed by atoms with Gasteiger partial charge in [-0.25, -0.2) is 0 Å². The fourth-order valence-corrected chi connectivity index (χ4v) is 5.45. The maximum absolute atomic E-state index is 13.1. The molecule has 190 valence electrons. The van der Waals surface area contributed by atoms with Crippen LogP contribution in [-0.2, 0) is 20.9 Å². The lowest BCUT2D eigenvalue weighted by molar-refractivity contribution is -0.147. The van der Waals surface area contributed by atoms with E-state index in [1.54, 1.807) is 14.0 Å². The van der Waals surface area contributed by atoms with Gasteiger partial charge in [-0.3, -0.25) is 9.59 Å². The Morgan fingerprint density at radius 1 is 1.08 bits per heavy atom. The molecule has 0 saturated carbocycles. The second kappa shape index (κ2) is 10.6. The number of nitrogens with one attached hydrogen (secondary N) is 1. The molecule has 0 radical (unpaired) electrons. The Morgan fingerprint density at radius 2 is 1.81 bits per heavy atom. The molecule has 0 saturated heterocycles. The Morgan fingerprint density at radius 3 is 2.47 bits per heavy atom. The molecule has 0 aromatic heterocycles. The smallest absolute Gasteiger partial charge is 0.315 e. The Kier molecular flexibility index (Phi) is 7.53. The second-order valence-electron chi connectivity index (χ2n) is 9.60. The number of Topliss-reactive ketones (excluding diaryl/α,β-unsaturated/α-hetero) is 1. The maximum Gasteiger partial charge on any atom is 0.315 e. The molecule has 0 fully saturated rings. The summed E-state index contributed by atoms with van der Waals surface area (Å²) in [6, 6.07) is 9.94. The highest BCUT2D eigenvalue weighted by atomic mass is 16.5. The number of hydrogen-bond acceptors (Lipinski definition) is 6. The monoisotopic (exact) mass is 489 g/mol. The predicted molar refractivity (Wildman–Crippen MR) is 139 cm³/mol. The second-order valence-corrected chi connectivity index (χ2v) is 9.60. The number of ether oxygens (including phenoxy) is 3. The highest BCUT2D eigenvalue weighted by Gasteiger charge is 2.44. The zero-order chi connectivity index (χ0) is 26.0. The number of carbonyl (C=O) groups excluding carboxylic acids is 2. The number of hydrogen-bond donors (Lipinski definition) is 1. The lowest BCUT2D eigenvalue weighted by Crippen LogP contribution is -2.41. The third-order valence-electron chi connectivity index (χ3n) is 7.09. The first-order chi connectivity index (χ1) is 17.2. The van der Waals surface area contributed by atoms with Gasteiger partial charge in [0.05, 0.1) is 13.7 Å². The summed E-state index contributed by atoms with van der Waals surface area (Å²) in [6.45, 7) is 12.8. The average molecular weight is 490 g/mol. The van der Waals surface area contributed by atoms with Gasteiger partial charge in [0.1, 0.15) is 12.5 Å². The van der Waals surface area contributed by atoms with Gasteiger partial charge in [-0.1, -0.05) is 30.3 Å². The van der Waals surface area contributed by atoms with E-state index in [4.69, 9.17) is 14.2 Å². The molecule has 6 nitrogen and oxygen atoms in total. The minimum atomic E-state index is -0.708. The highest BCUT2D eigenvalue weighted by Crippen LogP contribution is 2.46. The van der Waals surface area contributed by atoms with Crippen LogP contribution in [0.25, 0.3) is 0 Å². The Bertz CT molecular complexity index is 1220. The summed E-state index contributed by atoms with van der Waals surface area (Å²) in [5.74, 6) is -0.391. The molecule has 1 N–H and O–H groups in total. The van der Waals surface area contributed by atoms with Crippen molar-refractivity contribution in [3.63, 3.8) is 0 Å². The van der Waals surface area contributed by atoms with Crippen molar-refractivity contribution in [1.82, 2.24) is 5.32 Å². The van der Waals surface area contributed by atoms with Gasteiger partial charge in [0, 0.05) is 29.3 Å². The quantitative estimate of drug-likeness (QED) is 0.512. The van der Waals surface area contributed by atoms with Gasteiger partial charge in [-0.05, 0) is 74.9 Å². The summed E-state index contributed by atoms with van der Waals surface area (Å²) in [4.78, 5) is 26.1. The molecule has 2 aromatic rings. The molecule has 36 heavy (non-hydrogen) atoms. The molecule has 2 atom stereocenters. The number of rotatable bonds is 7. The summed E-state index contributed by atoms with van der Waals surface area (Å²) in [5.41, 5.74) is 7.59. The number of carbonyl (C=O) groups is 2. The standard InChI is InChI=1S/C30H35NO5/c1-7-35-30(33)27-20(5)31-23-9-8-10-24(32)29(23)28(27)21-11-12-25(26(15-21)34-6)36-16-22-18(3)13-17(2)14-19(22)4/h11-15,27-28,31H,5,7-10,16H2,1-4,6H3. The number of ketones is 1. The Labute approximate surface area is 213 Å². The first-order valence-electron chi connectivity index (χ1n) is 12.5. The molecular formula is C30H35NO5. The summed E-state index contributed by atoms with van der Waals surface area (Å²) >= 11 is 0. The third-order valence-corrected chi connectivity index (χ3v) is 7.09. The minimum absolute atomic E-state index is 0.0557. The Hall–Kier alpha value is -3.54. The summed E-state index contributed by atoms with van der Waals surface area (Å²) in [5, 5.41) is 3.24. The number of methoxy groups -OCH3 is 1. The molecule has 2 unspecified atom stereocenters. The normalized spacial score (nSPS) is 19.5. The van der Waals surface area contributed by atoms with E-state index >= 15 is 0 Å². The van der Waals surface area contributed by atoms with E-state index in [2.05, 4.69) is 44.8 Å². The average Bonchev–Trinajstić information content (AvgIpc) is 2.82. The molecule has 2 aliphatic rings. The van der Waals surface area contributed by atoms with E-state index in [9.17, 15) is 9.59 Å². The van der Waals surface area contributed by atoms with Crippen LogP contribution in [0.5, 0.6) is 11.5 Å². The largest absolute Gasteiger partial charge is 0.493 e. The fourth-order valence-electron chi connectivity index (χ4n) is 5.45. The minimum Gasteiger partial charge on any atom is -0.493 e. The number of aryl methyl sites for hydroxylation is 3. The summed E-state index contributed by atoms with van der Waals surface area (Å²) < 4.78 is 17.3. The SMILES string of the molecule is C=C1NC2=C(C(=O)CCC2)C(c2ccc(OCc3c(C)cc(C)cc3C)c(OC)c2)C1C(=O)OCC. The van der Waals surface area contributed by atoms with Crippen LogP contribution in [0, 0.1) is 26.7 Å². The van der Waals surface area contributed by atoms with Crippen LogP contribution in [0.15, 0.2) is 53.9 Å². The number of allylic oxidation sites excluding steroid dienone is 2.